The highest BCUT2D eigenvalue weighted by atomic mass is 16.5. The monoisotopic (exact) mass is 660 g/mol. The molecular weight excluding hydrogens is 602 g/mol. The quantitative estimate of drug-likeness (QED) is 0.0810. The standard InChI is InChI=1S/C40H57N3O5/c44-35-19-17-33(34-18-20-38(46)42-39(34)35)36(45)27-41-23-11-4-2-1-3-5-12-24-43-25-21-30(22-26-43)37(28-43)48-29-40(47,32-15-9-10-16-32)31-13-7-6-8-14-31/h6-8,13-14,17-20,30,32,36-37,41,45,47H,1-5,9-12,15-16,21-29H2,(H-,42,44,46)/p+1/t30?,36-,37-,40+,43?/m0/s1. The molecule has 5 N–H and O–H groups in total. The van der Waals surface area contributed by atoms with Crippen LogP contribution in [0.3, 0.4) is 0 Å². The molecule has 1 aromatic heterocycles. The minimum atomic E-state index is -0.876. The maximum atomic E-state index is 12.0. The molecule has 7 rings (SSSR count). The van der Waals surface area contributed by atoms with Gasteiger partial charge in [-0.15, -0.1) is 0 Å². The van der Waals surface area contributed by atoms with Crippen molar-refractivity contribution in [3.63, 3.8) is 0 Å². The molecule has 3 atom stereocenters. The van der Waals surface area contributed by atoms with Crippen molar-refractivity contribution in [1.82, 2.24) is 10.3 Å². The molecule has 8 heteroatoms. The summed E-state index contributed by atoms with van der Waals surface area (Å²) in [5.41, 5.74) is 0.934. The van der Waals surface area contributed by atoms with Crippen molar-refractivity contribution < 1.29 is 24.5 Å². The number of hydrogen-bond acceptors (Lipinski definition) is 6. The second-order valence-corrected chi connectivity index (χ2v) is 15.1. The van der Waals surface area contributed by atoms with E-state index in [4.69, 9.17) is 4.74 Å². The highest BCUT2D eigenvalue weighted by molar-refractivity contribution is 5.87. The van der Waals surface area contributed by atoms with Crippen LogP contribution in [0.15, 0.2) is 59.4 Å². The van der Waals surface area contributed by atoms with Crippen molar-refractivity contribution in [2.24, 2.45) is 11.8 Å². The third kappa shape index (κ3) is 8.33. The zero-order valence-electron chi connectivity index (χ0n) is 28.8. The lowest BCUT2D eigenvalue weighted by molar-refractivity contribution is -0.946. The molecule has 4 aliphatic rings. The number of pyridine rings is 1. The lowest BCUT2D eigenvalue weighted by Crippen LogP contribution is -2.64. The molecule has 262 valence electrons. The number of aliphatic hydroxyl groups is 2. The lowest BCUT2D eigenvalue weighted by Gasteiger charge is -2.53. The van der Waals surface area contributed by atoms with E-state index in [1.807, 2.05) is 18.2 Å². The van der Waals surface area contributed by atoms with Crippen LogP contribution in [0.25, 0.3) is 10.9 Å². The van der Waals surface area contributed by atoms with Gasteiger partial charge in [0.1, 0.15) is 24.0 Å². The summed E-state index contributed by atoms with van der Waals surface area (Å²) in [6.45, 7) is 6.68. The van der Waals surface area contributed by atoms with Gasteiger partial charge in [0.2, 0.25) is 5.56 Å². The number of nitrogens with one attached hydrogen (secondary N) is 2. The van der Waals surface area contributed by atoms with Crippen molar-refractivity contribution in [2.75, 3.05) is 45.9 Å². The molecule has 4 fully saturated rings. The number of unbranched alkanes of at least 4 members (excludes halogenated alkanes) is 6. The zero-order valence-corrected chi connectivity index (χ0v) is 28.8. The van der Waals surface area contributed by atoms with Gasteiger partial charge in [-0.2, -0.15) is 0 Å². The number of aromatic hydroxyl groups is 1. The van der Waals surface area contributed by atoms with E-state index in [1.165, 1.54) is 100 Å². The average molecular weight is 661 g/mol. The molecule has 0 radical (unpaired) electrons. The summed E-state index contributed by atoms with van der Waals surface area (Å²) in [6, 6.07) is 16.6. The highest BCUT2D eigenvalue weighted by Crippen LogP contribution is 2.43. The Morgan fingerprint density at radius 2 is 1.60 bits per heavy atom. The Kier molecular flexibility index (Phi) is 11.9. The number of phenols is 1. The fraction of sp³-hybridized carbons (Fsp3) is 0.625. The molecule has 3 aromatic rings. The van der Waals surface area contributed by atoms with Crippen molar-refractivity contribution >= 4 is 10.9 Å². The summed E-state index contributed by atoms with van der Waals surface area (Å²) >= 11 is 0. The zero-order chi connectivity index (χ0) is 33.4. The first kappa shape index (κ1) is 35.1. The maximum Gasteiger partial charge on any atom is 0.248 e. The van der Waals surface area contributed by atoms with E-state index in [9.17, 15) is 20.1 Å². The van der Waals surface area contributed by atoms with Crippen molar-refractivity contribution in [1.29, 1.82) is 0 Å². The molecular formula is C40H58N3O5+. The van der Waals surface area contributed by atoms with E-state index in [2.05, 4.69) is 22.4 Å². The van der Waals surface area contributed by atoms with Crippen LogP contribution in [-0.2, 0) is 10.3 Å². The Morgan fingerprint density at radius 3 is 2.35 bits per heavy atom. The number of nitrogens with zero attached hydrogens (tertiary/aromatic N) is 1. The summed E-state index contributed by atoms with van der Waals surface area (Å²) in [5, 5.41) is 36.9. The van der Waals surface area contributed by atoms with Crippen LogP contribution in [0.1, 0.15) is 101 Å². The number of ether oxygens (including phenoxy) is 1. The molecule has 3 aliphatic heterocycles. The molecule has 4 heterocycles. The predicted octanol–water partition coefficient (Wildman–Crippen LogP) is 6.29. The normalized spacial score (nSPS) is 24.6. The Balaban J connectivity index is 0.853. The highest BCUT2D eigenvalue weighted by Gasteiger charge is 2.48. The molecule has 1 aliphatic carbocycles. The number of piperidine rings is 3. The van der Waals surface area contributed by atoms with Gasteiger partial charge in [-0.1, -0.05) is 74.9 Å². The number of rotatable bonds is 18. The number of benzene rings is 2. The Morgan fingerprint density at radius 1 is 0.896 bits per heavy atom. The molecule has 3 saturated heterocycles. The number of phenolic OH excluding ortho intramolecular Hbond substituents is 1. The summed E-state index contributed by atoms with van der Waals surface area (Å²) in [7, 11) is 0. The molecule has 0 unspecified atom stereocenters. The summed E-state index contributed by atoms with van der Waals surface area (Å²) in [6.07, 6.45) is 15.3. The van der Waals surface area contributed by atoms with E-state index < -0.39 is 11.7 Å². The van der Waals surface area contributed by atoms with Crippen LogP contribution < -0.4 is 10.9 Å². The van der Waals surface area contributed by atoms with Crippen molar-refractivity contribution in [3.05, 3.63) is 76.1 Å². The van der Waals surface area contributed by atoms with E-state index in [1.54, 1.807) is 12.1 Å². The number of aliphatic hydroxyl groups excluding tert-OH is 1. The number of quaternary nitrogens is 1. The van der Waals surface area contributed by atoms with Gasteiger partial charge in [-0.3, -0.25) is 4.79 Å². The Hall–Kier alpha value is -2.75. The molecule has 2 aromatic carbocycles. The minimum Gasteiger partial charge on any atom is -0.506 e. The smallest absolute Gasteiger partial charge is 0.248 e. The molecule has 0 spiro atoms. The topological polar surface area (TPSA) is 115 Å². The van der Waals surface area contributed by atoms with Crippen LogP contribution in [-0.4, -0.2) is 76.8 Å². The van der Waals surface area contributed by atoms with Gasteiger partial charge in [0.15, 0.2) is 0 Å². The third-order valence-corrected chi connectivity index (χ3v) is 12.0. The summed E-state index contributed by atoms with van der Waals surface area (Å²) < 4.78 is 7.94. The van der Waals surface area contributed by atoms with Crippen molar-refractivity contribution in [3.8, 4) is 5.75 Å². The fourth-order valence-corrected chi connectivity index (χ4v) is 9.00. The number of hydrogen-bond donors (Lipinski definition) is 5. The van der Waals surface area contributed by atoms with Crippen LogP contribution in [0.2, 0.25) is 0 Å². The SMILES string of the molecule is O=c1ccc2c([C@@H](O)CNCCCCCCCCC[N+]34CCC(CC3)[C@@H](OC[C@@](O)(c3ccccc3)C3CCCC3)C4)ccc(O)c2[nH]1. The molecule has 8 nitrogen and oxygen atoms in total. The minimum absolute atomic E-state index is 0.00784. The Bertz CT molecular complexity index is 1500. The maximum absolute atomic E-state index is 12.0. The van der Waals surface area contributed by atoms with E-state index >= 15 is 0 Å². The third-order valence-electron chi connectivity index (χ3n) is 12.0. The van der Waals surface area contributed by atoms with Crippen LogP contribution in [0.4, 0.5) is 0 Å². The van der Waals surface area contributed by atoms with Gasteiger partial charge in [0, 0.05) is 36.8 Å². The fourth-order valence-electron chi connectivity index (χ4n) is 9.00. The first-order valence-electron chi connectivity index (χ1n) is 18.9. The summed E-state index contributed by atoms with van der Waals surface area (Å²) in [5.74, 6) is 0.945. The molecule has 1 saturated carbocycles. The number of aromatic amines is 1. The van der Waals surface area contributed by atoms with Gasteiger partial charge in [0.25, 0.3) is 0 Å². The second-order valence-electron chi connectivity index (χ2n) is 15.1. The number of fused-ring (bicyclic) bond motifs is 4. The molecule has 2 bridgehead atoms. The van der Waals surface area contributed by atoms with E-state index in [0.717, 1.165) is 37.9 Å². The van der Waals surface area contributed by atoms with Crippen LogP contribution >= 0.6 is 0 Å². The van der Waals surface area contributed by atoms with Gasteiger partial charge in [0.05, 0.1) is 37.9 Å². The van der Waals surface area contributed by atoms with Crippen molar-refractivity contribution in [2.45, 2.75) is 101 Å². The second kappa shape index (κ2) is 16.3. The molecule has 48 heavy (non-hydrogen) atoms. The lowest BCUT2D eigenvalue weighted by atomic mass is 9.80. The Labute approximate surface area is 286 Å². The number of H-pyrrole nitrogens is 1. The van der Waals surface area contributed by atoms with Gasteiger partial charge >= 0.3 is 0 Å². The van der Waals surface area contributed by atoms with Gasteiger partial charge in [-0.05, 0) is 67.8 Å². The molecule has 0 amide bonds. The van der Waals surface area contributed by atoms with E-state index in [-0.39, 0.29) is 17.4 Å². The predicted molar refractivity (Wildman–Crippen MR) is 191 cm³/mol. The number of aromatic nitrogens is 1. The van der Waals surface area contributed by atoms with Crippen LogP contribution in [0.5, 0.6) is 5.75 Å². The van der Waals surface area contributed by atoms with Gasteiger partial charge in [-0.25, -0.2) is 0 Å². The van der Waals surface area contributed by atoms with Crippen LogP contribution in [0, 0.1) is 11.8 Å². The van der Waals surface area contributed by atoms with Gasteiger partial charge < -0.3 is 34.8 Å². The average Bonchev–Trinajstić information content (AvgIpc) is 3.67. The van der Waals surface area contributed by atoms with E-state index in [0.29, 0.717) is 41.5 Å². The first-order valence-corrected chi connectivity index (χ1v) is 18.9. The summed E-state index contributed by atoms with van der Waals surface area (Å²) in [4.78, 5) is 14.3. The first-order chi connectivity index (χ1) is 23.4. The largest absolute Gasteiger partial charge is 0.506 e.